The summed E-state index contributed by atoms with van der Waals surface area (Å²) in [6.45, 7) is 7.19. The summed E-state index contributed by atoms with van der Waals surface area (Å²) < 4.78 is 17.3. The van der Waals surface area contributed by atoms with Crippen LogP contribution < -0.4 is 9.64 Å². The van der Waals surface area contributed by atoms with E-state index in [4.69, 9.17) is 14.2 Å². The van der Waals surface area contributed by atoms with E-state index in [9.17, 15) is 0 Å². The van der Waals surface area contributed by atoms with E-state index < -0.39 is 0 Å². The van der Waals surface area contributed by atoms with Gasteiger partial charge in [-0.3, -0.25) is 5.10 Å². The molecule has 152 valence electrons. The number of benzene rings is 1. The molecular formula is C21H25N5O3. The summed E-state index contributed by atoms with van der Waals surface area (Å²) in [6, 6.07) is 7.97. The van der Waals surface area contributed by atoms with Crippen LogP contribution in [0.4, 0.5) is 5.82 Å². The standard InChI is InChI=1S/C21H25N5O3/c1-13-9-26(10-14(2)28-13)20-8-19(22-12-23-20)21-17-7-15(3-4-18(17)24-25-21)29-16-5-6-27-11-16/h3-4,7-8,12-14,16H,5-6,9-11H2,1-2H3,(H,24,25). The highest BCUT2D eigenvalue weighted by Gasteiger charge is 2.24. The summed E-state index contributed by atoms with van der Waals surface area (Å²) in [4.78, 5) is 11.2. The topological polar surface area (TPSA) is 85.4 Å². The molecule has 0 aliphatic carbocycles. The number of H-pyrrole nitrogens is 1. The van der Waals surface area contributed by atoms with Gasteiger partial charge in [0.05, 0.1) is 36.6 Å². The molecular weight excluding hydrogens is 370 g/mol. The fourth-order valence-corrected chi connectivity index (χ4v) is 4.07. The van der Waals surface area contributed by atoms with Crippen molar-refractivity contribution in [3.63, 3.8) is 0 Å². The second-order valence-electron chi connectivity index (χ2n) is 7.81. The zero-order chi connectivity index (χ0) is 19.8. The van der Waals surface area contributed by atoms with Crippen LogP contribution in [0.1, 0.15) is 20.3 Å². The monoisotopic (exact) mass is 395 g/mol. The van der Waals surface area contributed by atoms with Gasteiger partial charge in [-0.1, -0.05) is 0 Å². The Labute approximate surface area is 169 Å². The zero-order valence-electron chi connectivity index (χ0n) is 16.7. The normalized spacial score (nSPS) is 24.9. The molecule has 3 atom stereocenters. The van der Waals surface area contributed by atoms with Crippen LogP contribution in [-0.4, -0.2) is 64.8 Å². The number of morpholine rings is 1. The third-order valence-electron chi connectivity index (χ3n) is 5.36. The molecule has 2 aliphatic heterocycles. The molecule has 2 saturated heterocycles. The van der Waals surface area contributed by atoms with Crippen LogP contribution in [0.5, 0.6) is 5.75 Å². The number of aromatic nitrogens is 4. The number of hydrogen-bond donors (Lipinski definition) is 1. The lowest BCUT2D eigenvalue weighted by atomic mass is 10.1. The van der Waals surface area contributed by atoms with E-state index in [0.717, 1.165) is 60.0 Å². The minimum Gasteiger partial charge on any atom is -0.488 e. The van der Waals surface area contributed by atoms with Crippen molar-refractivity contribution < 1.29 is 14.2 Å². The van der Waals surface area contributed by atoms with E-state index in [0.29, 0.717) is 6.61 Å². The number of rotatable bonds is 4. The van der Waals surface area contributed by atoms with Gasteiger partial charge in [0.15, 0.2) is 0 Å². The third kappa shape index (κ3) is 3.77. The summed E-state index contributed by atoms with van der Waals surface area (Å²) in [7, 11) is 0. The van der Waals surface area contributed by atoms with Crippen LogP contribution >= 0.6 is 0 Å². The molecule has 0 spiro atoms. The Kier molecular flexibility index (Phi) is 4.81. The smallest absolute Gasteiger partial charge is 0.132 e. The van der Waals surface area contributed by atoms with Crippen molar-refractivity contribution >= 4 is 16.7 Å². The highest BCUT2D eigenvalue weighted by molar-refractivity contribution is 5.93. The summed E-state index contributed by atoms with van der Waals surface area (Å²) in [5.74, 6) is 1.71. The second kappa shape index (κ2) is 7.61. The van der Waals surface area contributed by atoms with E-state index in [2.05, 4.69) is 38.9 Å². The lowest BCUT2D eigenvalue weighted by Gasteiger charge is -2.36. The van der Waals surface area contributed by atoms with Crippen molar-refractivity contribution in [2.75, 3.05) is 31.2 Å². The summed E-state index contributed by atoms with van der Waals surface area (Å²) in [5.41, 5.74) is 2.53. The second-order valence-corrected chi connectivity index (χ2v) is 7.81. The first-order chi connectivity index (χ1) is 14.2. The fourth-order valence-electron chi connectivity index (χ4n) is 4.07. The van der Waals surface area contributed by atoms with Crippen molar-refractivity contribution in [3.05, 3.63) is 30.6 Å². The highest BCUT2D eigenvalue weighted by atomic mass is 16.5. The van der Waals surface area contributed by atoms with Crippen molar-refractivity contribution in [1.82, 2.24) is 20.2 Å². The Morgan fingerprint density at radius 2 is 2.00 bits per heavy atom. The van der Waals surface area contributed by atoms with E-state index in [1.165, 1.54) is 0 Å². The molecule has 2 aliphatic rings. The molecule has 0 radical (unpaired) electrons. The molecule has 2 aromatic heterocycles. The molecule has 0 saturated carbocycles. The number of anilines is 1. The van der Waals surface area contributed by atoms with E-state index >= 15 is 0 Å². The molecule has 1 N–H and O–H groups in total. The van der Waals surface area contributed by atoms with Gasteiger partial charge in [-0.2, -0.15) is 5.10 Å². The Morgan fingerprint density at radius 3 is 2.79 bits per heavy atom. The predicted octanol–water partition coefficient (Wildman–Crippen LogP) is 2.80. The van der Waals surface area contributed by atoms with Gasteiger partial charge in [0, 0.05) is 31.0 Å². The molecule has 0 amide bonds. The maximum atomic E-state index is 6.06. The number of fused-ring (bicyclic) bond motifs is 1. The average Bonchev–Trinajstić information content (AvgIpc) is 3.37. The van der Waals surface area contributed by atoms with Crippen molar-refractivity contribution in [1.29, 1.82) is 0 Å². The first kappa shape index (κ1) is 18.3. The molecule has 5 rings (SSSR count). The molecule has 2 fully saturated rings. The van der Waals surface area contributed by atoms with Crippen LogP contribution in [0.25, 0.3) is 22.3 Å². The molecule has 3 aromatic rings. The van der Waals surface area contributed by atoms with E-state index in [1.54, 1.807) is 6.33 Å². The number of aromatic amines is 1. The van der Waals surface area contributed by atoms with Crippen molar-refractivity contribution in [2.45, 2.75) is 38.6 Å². The van der Waals surface area contributed by atoms with Gasteiger partial charge in [0.25, 0.3) is 0 Å². The largest absolute Gasteiger partial charge is 0.488 e. The van der Waals surface area contributed by atoms with E-state index in [1.807, 2.05) is 24.3 Å². The Balaban J connectivity index is 1.45. The molecule has 8 heteroatoms. The summed E-state index contributed by atoms with van der Waals surface area (Å²) in [5, 5.41) is 8.59. The summed E-state index contributed by atoms with van der Waals surface area (Å²) >= 11 is 0. The van der Waals surface area contributed by atoms with Gasteiger partial charge in [0.2, 0.25) is 0 Å². The van der Waals surface area contributed by atoms with Crippen molar-refractivity contribution in [3.8, 4) is 17.1 Å². The number of ether oxygens (including phenoxy) is 3. The Hall–Kier alpha value is -2.71. The van der Waals surface area contributed by atoms with Gasteiger partial charge in [-0.15, -0.1) is 0 Å². The molecule has 3 unspecified atom stereocenters. The minimum absolute atomic E-state index is 0.110. The maximum absolute atomic E-state index is 6.06. The number of nitrogens with one attached hydrogen (secondary N) is 1. The van der Waals surface area contributed by atoms with Crippen LogP contribution in [0.3, 0.4) is 0 Å². The first-order valence-corrected chi connectivity index (χ1v) is 10.1. The number of nitrogens with zero attached hydrogens (tertiary/aromatic N) is 4. The van der Waals surface area contributed by atoms with Gasteiger partial charge >= 0.3 is 0 Å². The average molecular weight is 395 g/mol. The minimum atomic E-state index is 0.110. The van der Waals surface area contributed by atoms with Gasteiger partial charge in [0.1, 0.15) is 29.7 Å². The molecule has 4 heterocycles. The SMILES string of the molecule is CC1CN(c2cc(-c3n[nH]c4ccc(OC5CCOC5)cc34)ncn2)CC(C)O1. The number of hydrogen-bond acceptors (Lipinski definition) is 7. The quantitative estimate of drug-likeness (QED) is 0.727. The van der Waals surface area contributed by atoms with Crippen LogP contribution in [0.15, 0.2) is 30.6 Å². The lowest BCUT2D eigenvalue weighted by molar-refractivity contribution is -0.00546. The van der Waals surface area contributed by atoms with Crippen LogP contribution in [0, 0.1) is 0 Å². The maximum Gasteiger partial charge on any atom is 0.132 e. The van der Waals surface area contributed by atoms with Gasteiger partial charge in [-0.05, 0) is 32.0 Å². The van der Waals surface area contributed by atoms with E-state index in [-0.39, 0.29) is 18.3 Å². The molecule has 1 aromatic carbocycles. The van der Waals surface area contributed by atoms with Crippen LogP contribution in [0.2, 0.25) is 0 Å². The first-order valence-electron chi connectivity index (χ1n) is 10.1. The van der Waals surface area contributed by atoms with Crippen molar-refractivity contribution in [2.24, 2.45) is 0 Å². The highest BCUT2D eigenvalue weighted by Crippen LogP contribution is 2.30. The molecule has 0 bridgehead atoms. The summed E-state index contributed by atoms with van der Waals surface area (Å²) in [6.07, 6.45) is 2.97. The fraction of sp³-hybridized carbons (Fsp3) is 0.476. The van der Waals surface area contributed by atoms with Crippen LogP contribution in [-0.2, 0) is 9.47 Å². The third-order valence-corrected chi connectivity index (χ3v) is 5.36. The lowest BCUT2D eigenvalue weighted by Crippen LogP contribution is -2.45. The molecule has 8 nitrogen and oxygen atoms in total. The Morgan fingerprint density at radius 1 is 1.14 bits per heavy atom. The zero-order valence-corrected chi connectivity index (χ0v) is 16.7. The Bertz CT molecular complexity index is 991. The predicted molar refractivity (Wildman–Crippen MR) is 109 cm³/mol. The van der Waals surface area contributed by atoms with Gasteiger partial charge < -0.3 is 19.1 Å². The molecule has 29 heavy (non-hydrogen) atoms. The van der Waals surface area contributed by atoms with Gasteiger partial charge in [-0.25, -0.2) is 9.97 Å².